The molecule has 3 aliphatic rings. The van der Waals surface area contributed by atoms with Gasteiger partial charge in [-0.1, -0.05) is 0 Å². The number of hydrogen-bond donors (Lipinski definition) is 1. The highest BCUT2D eigenvalue weighted by molar-refractivity contribution is 7.80. The Balaban J connectivity index is 1.02. The minimum atomic E-state index is -2.84. The monoisotopic (exact) mass is 734 g/mol. The quantitative estimate of drug-likeness (QED) is 0.243. The fourth-order valence-corrected chi connectivity index (χ4v) is 8.22. The average Bonchev–Trinajstić information content (AvgIpc) is 3.56. The number of ether oxygens (including phenoxy) is 2. The lowest BCUT2D eigenvalue weighted by Gasteiger charge is -2.54. The van der Waals surface area contributed by atoms with Gasteiger partial charge in [0.05, 0.1) is 48.6 Å². The van der Waals surface area contributed by atoms with E-state index in [1.165, 1.54) is 28.8 Å². The van der Waals surface area contributed by atoms with Crippen LogP contribution < -0.4 is 13.9 Å². The fourth-order valence-electron chi connectivity index (χ4n) is 7.53. The fraction of sp³-hybridized carbons (Fsp3) is 0.588. The van der Waals surface area contributed by atoms with Crippen LogP contribution in [0.2, 0.25) is 0 Å². The van der Waals surface area contributed by atoms with Crippen molar-refractivity contribution in [1.82, 2.24) is 29.5 Å². The summed E-state index contributed by atoms with van der Waals surface area (Å²) in [5.74, 6) is 0.413. The molecule has 1 spiro atoms. The normalized spacial score (nSPS) is 21.3. The maximum atomic E-state index is 14.4. The van der Waals surface area contributed by atoms with Crippen LogP contribution >= 0.6 is 0 Å². The van der Waals surface area contributed by atoms with Gasteiger partial charge in [-0.2, -0.15) is 13.9 Å². The highest BCUT2D eigenvalue weighted by atomic mass is 32.2. The van der Waals surface area contributed by atoms with Gasteiger partial charge in [0.2, 0.25) is 0 Å². The van der Waals surface area contributed by atoms with Gasteiger partial charge in [-0.05, 0) is 84.7 Å². The molecule has 1 aromatic carbocycles. The van der Waals surface area contributed by atoms with Crippen LogP contribution in [0.3, 0.4) is 0 Å². The Morgan fingerprint density at radius 1 is 1.12 bits per heavy atom. The number of nitrogens with zero attached hydrogens (tertiary/aromatic N) is 8. The molecule has 3 saturated heterocycles. The van der Waals surface area contributed by atoms with Crippen LogP contribution in [0.5, 0.6) is 11.5 Å². The standard InChI is InChI=1S/C34H45F3N8O5S/c1-22(2)44(23(3)4)32(46)28-13-24(35)5-8-29(28)50-30-15-38-21-39-31(30)42-19-34(20-42)9-11-41(12-10-34)17-27-7-6-25(18-49-27)45(51(47)48)26-14-40-43(16-26)33(36)37/h5,8,13-16,21-23,25,27,33H,6-7,9-12,17-20H2,1-4H3,(H,47,48)/t25-,27+/m1/s1. The number of likely N-dealkylation sites (tertiary alicyclic amines) is 1. The molecular formula is C34H45F3N8O5S. The molecule has 278 valence electrons. The predicted octanol–water partition coefficient (Wildman–Crippen LogP) is 5.35. The topological polar surface area (TPSA) is 129 Å². The molecule has 3 fully saturated rings. The number of amides is 1. The van der Waals surface area contributed by atoms with Crippen molar-refractivity contribution in [3.8, 4) is 11.5 Å². The van der Waals surface area contributed by atoms with Gasteiger partial charge in [-0.15, -0.1) is 0 Å². The van der Waals surface area contributed by atoms with Crippen molar-refractivity contribution >= 4 is 28.7 Å². The lowest BCUT2D eigenvalue weighted by atomic mass is 9.72. The summed E-state index contributed by atoms with van der Waals surface area (Å²) in [5, 5.41) is 3.59. The molecule has 51 heavy (non-hydrogen) atoms. The number of halogens is 3. The highest BCUT2D eigenvalue weighted by Gasteiger charge is 2.46. The van der Waals surface area contributed by atoms with Crippen LogP contribution in [-0.2, 0) is 16.0 Å². The lowest BCUT2D eigenvalue weighted by molar-refractivity contribution is -0.0270. The van der Waals surface area contributed by atoms with E-state index in [1.807, 2.05) is 27.7 Å². The van der Waals surface area contributed by atoms with E-state index in [4.69, 9.17) is 9.47 Å². The lowest BCUT2D eigenvalue weighted by Crippen LogP contribution is -2.61. The van der Waals surface area contributed by atoms with Crippen LogP contribution in [0.15, 0.2) is 43.1 Å². The summed E-state index contributed by atoms with van der Waals surface area (Å²) < 4.78 is 76.4. The van der Waals surface area contributed by atoms with Crippen molar-refractivity contribution in [2.45, 2.75) is 84.2 Å². The van der Waals surface area contributed by atoms with Gasteiger partial charge in [0.15, 0.2) is 11.6 Å². The summed E-state index contributed by atoms with van der Waals surface area (Å²) in [6.07, 6.45) is 8.44. The van der Waals surface area contributed by atoms with E-state index in [0.717, 1.165) is 58.0 Å². The smallest absolute Gasteiger partial charge is 0.333 e. The first kappa shape index (κ1) is 37.0. The average molecular weight is 735 g/mol. The molecule has 17 heteroatoms. The summed E-state index contributed by atoms with van der Waals surface area (Å²) >= 11 is -2.41. The van der Waals surface area contributed by atoms with Crippen molar-refractivity contribution < 1.29 is 36.2 Å². The van der Waals surface area contributed by atoms with E-state index in [0.29, 0.717) is 29.1 Å². The first-order chi connectivity index (χ1) is 24.3. The molecule has 0 saturated carbocycles. The zero-order valence-electron chi connectivity index (χ0n) is 29.2. The third-order valence-electron chi connectivity index (χ3n) is 10.0. The SMILES string of the molecule is CC(C)N(C(=O)c1cc(F)ccc1Oc1cncnc1N1CC2(CCN(C[C@@H]3CC[C@@H](N(c4cnn(C(F)F)c4)S(=O)O)CO3)CC2)C1)C(C)C. The molecule has 0 radical (unpaired) electrons. The van der Waals surface area contributed by atoms with Crippen molar-refractivity contribution in [2.75, 3.05) is 48.5 Å². The van der Waals surface area contributed by atoms with E-state index in [2.05, 4.69) is 24.9 Å². The Labute approximate surface area is 298 Å². The maximum Gasteiger partial charge on any atom is 0.333 e. The van der Waals surface area contributed by atoms with Crippen molar-refractivity contribution in [1.29, 1.82) is 0 Å². The Bertz CT molecular complexity index is 1680. The summed E-state index contributed by atoms with van der Waals surface area (Å²) in [6.45, 7) is 9.16. The molecule has 13 nitrogen and oxygen atoms in total. The van der Waals surface area contributed by atoms with E-state index in [1.54, 1.807) is 11.1 Å². The molecule has 3 atom stereocenters. The molecule has 1 amide bonds. The Kier molecular flexibility index (Phi) is 11.2. The number of piperidine rings is 1. The Morgan fingerprint density at radius 3 is 2.45 bits per heavy atom. The van der Waals surface area contributed by atoms with Gasteiger partial charge in [-0.3, -0.25) is 13.7 Å². The van der Waals surface area contributed by atoms with Crippen LogP contribution in [0.1, 0.15) is 70.3 Å². The summed E-state index contributed by atoms with van der Waals surface area (Å²) in [7, 11) is 0. The molecule has 1 unspecified atom stereocenters. The van der Waals surface area contributed by atoms with Crippen molar-refractivity contribution in [3.63, 3.8) is 0 Å². The number of rotatable bonds is 12. The van der Waals surface area contributed by atoms with E-state index >= 15 is 0 Å². The van der Waals surface area contributed by atoms with E-state index in [-0.39, 0.29) is 53.1 Å². The van der Waals surface area contributed by atoms with Crippen LogP contribution in [0, 0.1) is 11.2 Å². The largest absolute Gasteiger partial charge is 0.451 e. The zero-order chi connectivity index (χ0) is 36.4. The van der Waals surface area contributed by atoms with Gasteiger partial charge < -0.3 is 24.2 Å². The van der Waals surface area contributed by atoms with Crippen molar-refractivity contribution in [3.05, 3.63) is 54.5 Å². The van der Waals surface area contributed by atoms with Gasteiger partial charge in [-0.25, -0.2) is 23.2 Å². The summed E-state index contributed by atoms with van der Waals surface area (Å²) in [4.78, 5) is 28.5. The zero-order valence-corrected chi connectivity index (χ0v) is 30.0. The number of carbonyl (C=O) groups excluding carboxylic acids is 1. The third kappa shape index (κ3) is 8.16. The summed E-state index contributed by atoms with van der Waals surface area (Å²) in [5.41, 5.74) is 0.409. The van der Waals surface area contributed by atoms with Gasteiger partial charge in [0.1, 0.15) is 17.9 Å². The van der Waals surface area contributed by atoms with Crippen molar-refractivity contribution in [2.24, 2.45) is 5.41 Å². The molecule has 3 aliphatic heterocycles. The molecule has 1 N–H and O–H groups in total. The number of benzene rings is 1. The first-order valence-electron chi connectivity index (χ1n) is 17.3. The van der Waals surface area contributed by atoms with Gasteiger partial charge in [0.25, 0.3) is 17.2 Å². The van der Waals surface area contributed by atoms with Crippen LogP contribution in [-0.4, -0.2) is 108 Å². The number of carbonyl (C=O) groups is 1. The van der Waals surface area contributed by atoms with E-state index in [9.17, 15) is 26.7 Å². The summed E-state index contributed by atoms with van der Waals surface area (Å²) in [6, 6.07) is 3.34. The second-order valence-corrected chi connectivity index (χ2v) is 15.1. The molecule has 6 rings (SSSR count). The minimum absolute atomic E-state index is 0.0388. The first-order valence-corrected chi connectivity index (χ1v) is 18.3. The van der Waals surface area contributed by atoms with Gasteiger partial charge in [0, 0.05) is 37.1 Å². The number of aromatic nitrogens is 4. The highest BCUT2D eigenvalue weighted by Crippen LogP contribution is 2.45. The van der Waals surface area contributed by atoms with E-state index < -0.39 is 29.7 Å². The van der Waals surface area contributed by atoms with Crippen LogP contribution in [0.4, 0.5) is 24.7 Å². The molecular weight excluding hydrogens is 689 g/mol. The molecule has 0 bridgehead atoms. The Hall–Kier alpha value is -3.80. The molecule has 2 aromatic heterocycles. The second kappa shape index (κ2) is 15.4. The molecule has 0 aliphatic carbocycles. The predicted molar refractivity (Wildman–Crippen MR) is 185 cm³/mol. The third-order valence-corrected chi connectivity index (χ3v) is 10.9. The van der Waals surface area contributed by atoms with Gasteiger partial charge >= 0.3 is 6.55 Å². The number of hydrogen-bond acceptors (Lipinski definition) is 9. The maximum absolute atomic E-state index is 14.4. The Morgan fingerprint density at radius 2 is 1.84 bits per heavy atom. The number of alkyl halides is 2. The molecule has 3 aromatic rings. The van der Waals surface area contributed by atoms with Crippen LogP contribution in [0.25, 0.3) is 0 Å². The second-order valence-electron chi connectivity index (χ2n) is 14.2. The number of anilines is 2. The minimum Gasteiger partial charge on any atom is -0.451 e. The molecule has 5 heterocycles.